The number of hydrogen-bond donors (Lipinski definition) is 0. The van der Waals surface area contributed by atoms with E-state index in [2.05, 4.69) is 226 Å². The largest absolute Gasteiger partial charge is 0.309 e. The summed E-state index contributed by atoms with van der Waals surface area (Å²) in [5, 5.41) is 6.94. The van der Waals surface area contributed by atoms with Gasteiger partial charge in [0.15, 0.2) is 5.82 Å². The van der Waals surface area contributed by atoms with Crippen LogP contribution in [0, 0.1) is 0 Å². The van der Waals surface area contributed by atoms with Crippen LogP contribution >= 0.6 is 0 Å². The van der Waals surface area contributed by atoms with E-state index in [1.54, 1.807) is 0 Å². The Bertz CT molecular complexity index is 3830. The van der Waals surface area contributed by atoms with Crippen LogP contribution in [-0.2, 0) is 0 Å². The lowest BCUT2D eigenvalue weighted by Crippen LogP contribution is -2.10. The zero-order chi connectivity index (χ0) is 41.4. The minimum Gasteiger partial charge on any atom is -0.309 e. The summed E-state index contributed by atoms with van der Waals surface area (Å²) in [5.41, 5.74) is 13.1. The Morgan fingerprint density at radius 3 is 1.21 bits per heavy atom. The molecule has 13 rings (SSSR count). The molecular formula is C57H36N6. The second-order valence-corrected chi connectivity index (χ2v) is 16.0. The van der Waals surface area contributed by atoms with Gasteiger partial charge < -0.3 is 4.57 Å². The number of rotatable bonds is 6. The van der Waals surface area contributed by atoms with Crippen molar-refractivity contribution < 1.29 is 0 Å². The normalized spacial score (nSPS) is 11.8. The smallest absolute Gasteiger partial charge is 0.240 e. The fourth-order valence-corrected chi connectivity index (χ4v) is 9.69. The Balaban J connectivity index is 1.09. The van der Waals surface area contributed by atoms with E-state index < -0.39 is 0 Å². The number of benzene rings is 9. The van der Waals surface area contributed by atoms with Gasteiger partial charge in [-0.1, -0.05) is 176 Å². The molecular weight excluding hydrogens is 769 g/mol. The fourth-order valence-electron chi connectivity index (χ4n) is 9.69. The Morgan fingerprint density at radius 2 is 0.651 bits per heavy atom. The number of aromatic nitrogens is 6. The van der Waals surface area contributed by atoms with Gasteiger partial charge in [0.05, 0.1) is 33.1 Å². The lowest BCUT2D eigenvalue weighted by molar-refractivity contribution is 0.893. The maximum absolute atomic E-state index is 5.45. The summed E-state index contributed by atoms with van der Waals surface area (Å²) < 4.78 is 6.83. The summed E-state index contributed by atoms with van der Waals surface area (Å²) in [5.74, 6) is 1.69. The quantitative estimate of drug-likeness (QED) is 0.168. The molecule has 13 aromatic rings. The molecule has 0 saturated heterocycles. The molecule has 294 valence electrons. The molecule has 0 bridgehead atoms. The molecule has 4 aromatic heterocycles. The molecule has 6 nitrogen and oxygen atoms in total. The zero-order valence-corrected chi connectivity index (χ0v) is 34.0. The van der Waals surface area contributed by atoms with Gasteiger partial charge in [0.25, 0.3) is 0 Å². The molecule has 0 saturated carbocycles. The van der Waals surface area contributed by atoms with Crippen molar-refractivity contribution in [2.75, 3.05) is 0 Å². The maximum atomic E-state index is 5.45. The third kappa shape index (κ3) is 5.48. The first-order valence-electron chi connectivity index (χ1n) is 21.3. The number of para-hydroxylation sites is 4. The van der Waals surface area contributed by atoms with Gasteiger partial charge in [-0.3, -0.25) is 9.13 Å². The Morgan fingerprint density at radius 1 is 0.254 bits per heavy atom. The Labute approximate surface area is 362 Å². The van der Waals surface area contributed by atoms with Gasteiger partial charge in [0, 0.05) is 43.6 Å². The van der Waals surface area contributed by atoms with Crippen molar-refractivity contribution in [3.63, 3.8) is 0 Å². The minimum absolute atomic E-state index is 0.546. The molecule has 0 N–H and O–H groups in total. The molecule has 0 aliphatic rings. The van der Waals surface area contributed by atoms with Crippen LogP contribution in [0.15, 0.2) is 218 Å². The highest BCUT2D eigenvalue weighted by Gasteiger charge is 2.24. The minimum atomic E-state index is 0.546. The molecule has 0 amide bonds. The fraction of sp³-hybridized carbons (Fsp3) is 0. The van der Waals surface area contributed by atoms with Gasteiger partial charge >= 0.3 is 0 Å². The van der Waals surface area contributed by atoms with Gasteiger partial charge in [-0.25, -0.2) is 0 Å². The van der Waals surface area contributed by atoms with E-state index in [0.29, 0.717) is 17.7 Å². The second-order valence-electron chi connectivity index (χ2n) is 16.0. The molecule has 6 heteroatoms. The molecule has 63 heavy (non-hydrogen) atoms. The van der Waals surface area contributed by atoms with Crippen LogP contribution in [-0.4, -0.2) is 28.7 Å². The molecule has 0 aliphatic heterocycles. The first kappa shape index (κ1) is 35.2. The topological polar surface area (TPSA) is 53.5 Å². The van der Waals surface area contributed by atoms with Crippen molar-refractivity contribution in [2.45, 2.75) is 0 Å². The predicted molar refractivity (Wildman–Crippen MR) is 259 cm³/mol. The average Bonchev–Trinajstić information content (AvgIpc) is 4.00. The van der Waals surface area contributed by atoms with Gasteiger partial charge in [0.2, 0.25) is 11.9 Å². The van der Waals surface area contributed by atoms with Gasteiger partial charge in [-0.15, -0.1) is 0 Å². The van der Waals surface area contributed by atoms with Gasteiger partial charge in [-0.05, 0) is 64.7 Å². The van der Waals surface area contributed by atoms with Crippen molar-refractivity contribution in [2.24, 2.45) is 0 Å². The van der Waals surface area contributed by atoms with E-state index in [-0.39, 0.29) is 0 Å². The van der Waals surface area contributed by atoms with Crippen molar-refractivity contribution in [1.29, 1.82) is 0 Å². The molecule has 4 heterocycles. The lowest BCUT2D eigenvalue weighted by Gasteiger charge is -2.13. The first-order valence-corrected chi connectivity index (χ1v) is 21.3. The van der Waals surface area contributed by atoms with Crippen LogP contribution in [0.4, 0.5) is 0 Å². The number of hydrogen-bond acceptors (Lipinski definition) is 3. The monoisotopic (exact) mass is 804 g/mol. The molecule has 0 spiro atoms. The van der Waals surface area contributed by atoms with Crippen LogP contribution in [0.25, 0.3) is 117 Å². The van der Waals surface area contributed by atoms with Crippen LogP contribution in [0.1, 0.15) is 0 Å². The highest BCUT2D eigenvalue weighted by atomic mass is 15.3. The number of fused-ring (bicyclic) bond motifs is 10. The van der Waals surface area contributed by atoms with Gasteiger partial charge in [-0.2, -0.15) is 15.0 Å². The van der Waals surface area contributed by atoms with Crippen LogP contribution in [0.2, 0.25) is 0 Å². The molecule has 0 unspecified atom stereocenters. The Kier molecular flexibility index (Phi) is 7.80. The van der Waals surface area contributed by atoms with Crippen molar-refractivity contribution in [3.05, 3.63) is 218 Å². The van der Waals surface area contributed by atoms with Crippen molar-refractivity contribution in [1.82, 2.24) is 28.7 Å². The summed E-state index contributed by atoms with van der Waals surface area (Å²) in [4.78, 5) is 16.1. The third-order valence-corrected chi connectivity index (χ3v) is 12.5. The average molecular weight is 805 g/mol. The van der Waals surface area contributed by atoms with E-state index in [4.69, 9.17) is 15.0 Å². The number of nitrogens with zero attached hydrogens (tertiary/aromatic N) is 6. The van der Waals surface area contributed by atoms with E-state index in [9.17, 15) is 0 Å². The Hall–Kier alpha value is -8.61. The SMILES string of the molecule is c1ccc(-c2ccc(-c3nc(-n4c5ccccc5c5ccccc54)nc(-n4c5ccccc5c5c4ccc4c6ccccc6n(-c6ccc(-c7ccccc7)cc6)c45)n3)cc2)cc1. The van der Waals surface area contributed by atoms with E-state index in [1.165, 1.54) is 21.9 Å². The van der Waals surface area contributed by atoms with Crippen LogP contribution in [0.3, 0.4) is 0 Å². The zero-order valence-electron chi connectivity index (χ0n) is 34.0. The molecule has 0 atom stereocenters. The molecule has 0 radical (unpaired) electrons. The predicted octanol–water partition coefficient (Wildman–Crippen LogP) is 14.2. The van der Waals surface area contributed by atoms with E-state index in [1.807, 2.05) is 6.07 Å². The summed E-state index contributed by atoms with van der Waals surface area (Å²) >= 11 is 0. The van der Waals surface area contributed by atoms with Crippen molar-refractivity contribution in [3.8, 4) is 51.2 Å². The molecule has 0 aliphatic carbocycles. The van der Waals surface area contributed by atoms with Gasteiger partial charge in [0.1, 0.15) is 0 Å². The van der Waals surface area contributed by atoms with Crippen molar-refractivity contribution >= 4 is 65.4 Å². The van der Waals surface area contributed by atoms with Crippen LogP contribution < -0.4 is 0 Å². The second kappa shape index (κ2) is 14.0. The summed E-state index contributed by atoms with van der Waals surface area (Å²) in [6.07, 6.45) is 0. The maximum Gasteiger partial charge on any atom is 0.240 e. The highest BCUT2D eigenvalue weighted by molar-refractivity contribution is 6.26. The lowest BCUT2D eigenvalue weighted by atomic mass is 10.0. The molecule has 0 fully saturated rings. The third-order valence-electron chi connectivity index (χ3n) is 12.5. The molecule has 9 aromatic carbocycles. The first-order chi connectivity index (χ1) is 31.3. The highest BCUT2D eigenvalue weighted by Crippen LogP contribution is 2.42. The van der Waals surface area contributed by atoms with E-state index >= 15 is 0 Å². The standard InChI is InChI=1S/C57H36N6/c1-3-15-37(16-4-1)39-27-29-41(30-28-39)55-58-56(62-49-24-12-7-19-43(49)44-20-8-13-25-50(44)62)60-57(59-55)63-51-26-14-10-22-47(51)53-52(63)36-35-46-45-21-9-11-23-48(45)61(54(46)53)42-33-31-40(32-34-42)38-17-5-2-6-18-38/h1-36H. The van der Waals surface area contributed by atoms with E-state index in [0.717, 1.165) is 77.0 Å². The summed E-state index contributed by atoms with van der Waals surface area (Å²) in [6, 6.07) is 77.3. The van der Waals surface area contributed by atoms with Crippen LogP contribution in [0.5, 0.6) is 0 Å². The summed E-state index contributed by atoms with van der Waals surface area (Å²) in [6.45, 7) is 0. The summed E-state index contributed by atoms with van der Waals surface area (Å²) in [7, 11) is 0.